The van der Waals surface area contributed by atoms with E-state index in [9.17, 15) is 9.59 Å². The molecule has 1 N–H and O–H groups in total. The van der Waals surface area contributed by atoms with Gasteiger partial charge in [0.25, 0.3) is 5.91 Å². The smallest absolute Gasteiger partial charge is 0.255 e. The van der Waals surface area contributed by atoms with Gasteiger partial charge in [-0.25, -0.2) is 0 Å². The summed E-state index contributed by atoms with van der Waals surface area (Å²) in [6.07, 6.45) is 3.43. The maximum atomic E-state index is 12.9. The SMILES string of the molecule is COc1ccc(NC(=O)c2ccc(N3CCc4ccccc4C3)cc2)cc1N1CCCCC1=O. The van der Waals surface area contributed by atoms with Gasteiger partial charge in [-0.3, -0.25) is 9.59 Å². The summed E-state index contributed by atoms with van der Waals surface area (Å²) in [7, 11) is 1.59. The zero-order valence-electron chi connectivity index (χ0n) is 19.4. The number of benzene rings is 3. The van der Waals surface area contributed by atoms with Crippen molar-refractivity contribution in [2.24, 2.45) is 0 Å². The lowest BCUT2D eigenvalue weighted by Crippen LogP contribution is -2.35. The number of hydrogen-bond donors (Lipinski definition) is 1. The van der Waals surface area contributed by atoms with Crippen molar-refractivity contribution >= 4 is 28.9 Å². The quantitative estimate of drug-likeness (QED) is 0.586. The molecule has 2 heterocycles. The third-order valence-corrected chi connectivity index (χ3v) is 6.68. The van der Waals surface area contributed by atoms with E-state index in [1.54, 1.807) is 24.1 Å². The van der Waals surface area contributed by atoms with Crippen LogP contribution in [0.5, 0.6) is 5.75 Å². The maximum Gasteiger partial charge on any atom is 0.255 e. The molecular weight excluding hydrogens is 426 g/mol. The molecule has 0 saturated carbocycles. The average Bonchev–Trinajstić information content (AvgIpc) is 2.89. The van der Waals surface area contributed by atoms with Gasteiger partial charge in [0.05, 0.1) is 12.8 Å². The summed E-state index contributed by atoms with van der Waals surface area (Å²) in [6.45, 7) is 2.51. The predicted octanol–water partition coefficient (Wildman–Crippen LogP) is 5.03. The van der Waals surface area contributed by atoms with Crippen LogP contribution in [0.15, 0.2) is 66.7 Å². The van der Waals surface area contributed by atoms with Crippen molar-refractivity contribution in [3.8, 4) is 5.75 Å². The van der Waals surface area contributed by atoms with Crippen LogP contribution in [0.1, 0.15) is 40.7 Å². The monoisotopic (exact) mass is 455 g/mol. The number of hydrogen-bond acceptors (Lipinski definition) is 4. The van der Waals surface area contributed by atoms with Crippen molar-refractivity contribution in [1.29, 1.82) is 0 Å². The Morgan fingerprint density at radius 3 is 2.47 bits per heavy atom. The highest BCUT2D eigenvalue weighted by atomic mass is 16.5. The van der Waals surface area contributed by atoms with Gasteiger partial charge in [0.1, 0.15) is 5.75 Å². The first-order chi connectivity index (χ1) is 16.6. The first-order valence-electron chi connectivity index (χ1n) is 11.8. The fraction of sp³-hybridized carbons (Fsp3) is 0.286. The second-order valence-electron chi connectivity index (χ2n) is 8.83. The predicted molar refractivity (Wildman–Crippen MR) is 135 cm³/mol. The van der Waals surface area contributed by atoms with Crippen LogP contribution in [-0.4, -0.2) is 32.0 Å². The lowest BCUT2D eigenvalue weighted by molar-refractivity contribution is -0.119. The number of piperidine rings is 1. The molecular formula is C28H29N3O3. The van der Waals surface area contributed by atoms with Crippen molar-refractivity contribution in [3.63, 3.8) is 0 Å². The van der Waals surface area contributed by atoms with Crippen LogP contribution in [0, 0.1) is 0 Å². The summed E-state index contributed by atoms with van der Waals surface area (Å²) in [5.41, 5.74) is 5.81. The molecule has 0 aromatic heterocycles. The van der Waals surface area contributed by atoms with E-state index in [-0.39, 0.29) is 11.8 Å². The van der Waals surface area contributed by atoms with Gasteiger partial charge in [-0.1, -0.05) is 24.3 Å². The molecule has 2 aliphatic rings. The van der Waals surface area contributed by atoms with Gasteiger partial charge in [-0.15, -0.1) is 0 Å². The number of amides is 2. The fourth-order valence-corrected chi connectivity index (χ4v) is 4.78. The third-order valence-electron chi connectivity index (χ3n) is 6.68. The van der Waals surface area contributed by atoms with Gasteiger partial charge in [0.2, 0.25) is 5.91 Å². The molecule has 174 valence electrons. The Morgan fingerprint density at radius 1 is 0.912 bits per heavy atom. The summed E-state index contributed by atoms with van der Waals surface area (Å²) in [4.78, 5) is 29.5. The van der Waals surface area contributed by atoms with Crippen LogP contribution in [0.4, 0.5) is 17.1 Å². The second-order valence-corrected chi connectivity index (χ2v) is 8.83. The molecule has 34 heavy (non-hydrogen) atoms. The van der Waals surface area contributed by atoms with E-state index in [0.717, 1.165) is 38.0 Å². The van der Waals surface area contributed by atoms with E-state index < -0.39 is 0 Å². The van der Waals surface area contributed by atoms with Crippen LogP contribution < -0.4 is 19.9 Å². The van der Waals surface area contributed by atoms with Crippen molar-refractivity contribution < 1.29 is 14.3 Å². The summed E-state index contributed by atoms with van der Waals surface area (Å²) >= 11 is 0. The van der Waals surface area contributed by atoms with Gasteiger partial charge >= 0.3 is 0 Å². The molecule has 6 heteroatoms. The van der Waals surface area contributed by atoms with Gasteiger partial charge in [0, 0.05) is 43.0 Å². The van der Waals surface area contributed by atoms with Gasteiger partial charge < -0.3 is 19.9 Å². The Balaban J connectivity index is 1.29. The third kappa shape index (κ3) is 4.49. The Labute approximate surface area is 200 Å². The van der Waals surface area contributed by atoms with Crippen LogP contribution in [0.2, 0.25) is 0 Å². The van der Waals surface area contributed by atoms with Crippen molar-refractivity contribution in [2.75, 3.05) is 35.3 Å². The van der Waals surface area contributed by atoms with Crippen LogP contribution in [0.25, 0.3) is 0 Å². The first kappa shape index (κ1) is 22.0. The number of ether oxygens (including phenoxy) is 1. The highest BCUT2D eigenvalue weighted by Gasteiger charge is 2.23. The minimum absolute atomic E-state index is 0.0870. The Bertz CT molecular complexity index is 1210. The highest BCUT2D eigenvalue weighted by molar-refractivity contribution is 6.05. The number of carbonyl (C=O) groups excluding carboxylic acids is 2. The molecule has 0 bridgehead atoms. The lowest BCUT2D eigenvalue weighted by atomic mass is 9.99. The van der Waals surface area contributed by atoms with Crippen molar-refractivity contribution in [2.45, 2.75) is 32.2 Å². The van der Waals surface area contributed by atoms with E-state index in [4.69, 9.17) is 4.74 Å². The number of rotatable bonds is 5. The molecule has 6 nitrogen and oxygen atoms in total. The van der Waals surface area contributed by atoms with E-state index in [1.807, 2.05) is 30.3 Å². The number of methoxy groups -OCH3 is 1. The highest BCUT2D eigenvalue weighted by Crippen LogP contribution is 2.34. The largest absolute Gasteiger partial charge is 0.495 e. The number of nitrogens with zero attached hydrogens (tertiary/aromatic N) is 2. The molecule has 1 saturated heterocycles. The molecule has 0 spiro atoms. The molecule has 2 aliphatic heterocycles. The zero-order valence-corrected chi connectivity index (χ0v) is 19.4. The molecule has 3 aromatic rings. The molecule has 5 rings (SSSR count). The van der Waals surface area contributed by atoms with E-state index in [2.05, 4.69) is 34.5 Å². The Kier molecular flexibility index (Phi) is 6.21. The van der Waals surface area contributed by atoms with Crippen LogP contribution in [-0.2, 0) is 17.8 Å². The molecule has 0 atom stereocenters. The standard InChI is InChI=1S/C28H29N3O3/c1-34-26-14-11-23(18-25(26)31-16-5-4-8-27(31)32)29-28(33)21-9-12-24(13-10-21)30-17-15-20-6-2-3-7-22(20)19-30/h2-3,6-7,9-14,18H,4-5,8,15-17,19H2,1H3,(H,29,33). The van der Waals surface area contributed by atoms with E-state index in [1.165, 1.54) is 11.1 Å². The number of nitrogens with one attached hydrogen (secondary N) is 1. The summed E-state index contributed by atoms with van der Waals surface area (Å²) in [5.74, 6) is 0.529. The molecule has 0 unspecified atom stereocenters. The summed E-state index contributed by atoms with van der Waals surface area (Å²) in [6, 6.07) is 21.7. The number of fused-ring (bicyclic) bond motifs is 1. The number of anilines is 3. The Hall–Kier alpha value is -3.80. The molecule has 1 fully saturated rings. The van der Waals surface area contributed by atoms with Crippen LogP contribution >= 0.6 is 0 Å². The van der Waals surface area contributed by atoms with Crippen LogP contribution in [0.3, 0.4) is 0 Å². The Morgan fingerprint density at radius 2 is 1.71 bits per heavy atom. The lowest BCUT2D eigenvalue weighted by Gasteiger charge is -2.30. The average molecular weight is 456 g/mol. The van der Waals surface area contributed by atoms with Crippen molar-refractivity contribution in [1.82, 2.24) is 0 Å². The van der Waals surface area contributed by atoms with Gasteiger partial charge in [-0.2, -0.15) is 0 Å². The maximum absolute atomic E-state index is 12.9. The topological polar surface area (TPSA) is 61.9 Å². The zero-order chi connectivity index (χ0) is 23.5. The number of carbonyl (C=O) groups is 2. The fourth-order valence-electron chi connectivity index (χ4n) is 4.78. The van der Waals surface area contributed by atoms with Gasteiger partial charge in [-0.05, 0) is 72.9 Å². The van der Waals surface area contributed by atoms with Gasteiger partial charge in [0.15, 0.2) is 0 Å². The summed E-state index contributed by atoms with van der Waals surface area (Å²) < 4.78 is 5.47. The summed E-state index contributed by atoms with van der Waals surface area (Å²) in [5, 5.41) is 2.97. The molecule has 3 aromatic carbocycles. The normalized spacial score (nSPS) is 15.6. The van der Waals surface area contributed by atoms with Crippen molar-refractivity contribution in [3.05, 3.63) is 83.4 Å². The minimum Gasteiger partial charge on any atom is -0.495 e. The first-order valence-corrected chi connectivity index (χ1v) is 11.8. The minimum atomic E-state index is -0.184. The molecule has 0 aliphatic carbocycles. The van der Waals surface area contributed by atoms with E-state index >= 15 is 0 Å². The second kappa shape index (κ2) is 9.59. The molecule has 0 radical (unpaired) electrons. The molecule has 2 amide bonds. The van der Waals surface area contributed by atoms with E-state index in [0.29, 0.717) is 35.7 Å².